The van der Waals surface area contributed by atoms with Crippen LogP contribution in [0.3, 0.4) is 0 Å². The highest BCUT2D eigenvalue weighted by Crippen LogP contribution is 2.47. The van der Waals surface area contributed by atoms with E-state index in [2.05, 4.69) is 0 Å². The first kappa shape index (κ1) is 19.2. The van der Waals surface area contributed by atoms with E-state index in [4.69, 9.17) is 18.5 Å². The van der Waals surface area contributed by atoms with Crippen LogP contribution in [0.1, 0.15) is 16.8 Å². The smallest absolute Gasteiger partial charge is 0.355 e. The maximum absolute atomic E-state index is 12.2. The first-order chi connectivity index (χ1) is 11.4. The summed E-state index contributed by atoms with van der Waals surface area (Å²) < 4.78 is 32.8. The minimum absolute atomic E-state index is 0.118. The van der Waals surface area contributed by atoms with Gasteiger partial charge in [0.1, 0.15) is 14.2 Å². The summed E-state index contributed by atoms with van der Waals surface area (Å²) in [6.45, 7) is 0. The predicted octanol–water partition coefficient (Wildman–Crippen LogP) is 1.23. The van der Waals surface area contributed by atoms with Crippen molar-refractivity contribution in [3.8, 4) is 0 Å². The monoisotopic (exact) mass is 356 g/mol. The van der Waals surface area contributed by atoms with Crippen LogP contribution in [-0.4, -0.2) is 57.8 Å². The molecule has 1 aromatic rings. The van der Waals surface area contributed by atoms with Gasteiger partial charge in [0.05, 0.1) is 17.8 Å². The van der Waals surface area contributed by atoms with E-state index < -0.39 is 31.9 Å². The Morgan fingerprint density at radius 1 is 1.29 bits per heavy atom. The summed E-state index contributed by atoms with van der Waals surface area (Å²) in [4.78, 5) is 12.2. The fraction of sp³-hybridized carbons (Fsp3) is 0.533. The number of benzene rings is 1. The zero-order valence-corrected chi connectivity index (χ0v) is 14.8. The van der Waals surface area contributed by atoms with Crippen molar-refractivity contribution in [1.82, 2.24) is 0 Å². The van der Waals surface area contributed by atoms with Gasteiger partial charge in [0.2, 0.25) is 0 Å². The fourth-order valence-corrected chi connectivity index (χ4v) is 3.36. The Morgan fingerprint density at radius 3 is 2.50 bits per heavy atom. The molecule has 0 saturated heterocycles. The van der Waals surface area contributed by atoms with Crippen LogP contribution in [0.4, 0.5) is 0 Å². The second-order valence-corrected chi connectivity index (χ2v) is 7.96. The van der Waals surface area contributed by atoms with Crippen molar-refractivity contribution in [2.24, 2.45) is 0 Å². The molecular formula is C15H22BO7P. The maximum atomic E-state index is 12.2. The van der Waals surface area contributed by atoms with Crippen molar-refractivity contribution in [2.45, 2.75) is 30.5 Å². The first-order valence-electron chi connectivity index (χ1n) is 7.66. The zero-order chi connectivity index (χ0) is 17.7. The Morgan fingerprint density at radius 2 is 1.92 bits per heavy atom. The summed E-state index contributed by atoms with van der Waals surface area (Å²) in [5, 5.41) is 10.3. The molecule has 1 aliphatic carbocycles. The highest BCUT2D eigenvalue weighted by molar-refractivity contribution is 7.53. The molecule has 0 heterocycles. The molecule has 9 heteroatoms. The third-order valence-electron chi connectivity index (χ3n) is 4.15. The number of carbonyl (C=O) groups excluding carboxylic acids is 1. The second kappa shape index (κ2) is 8.27. The molecule has 1 saturated carbocycles. The highest BCUT2D eigenvalue weighted by Gasteiger charge is 2.44. The molecule has 0 radical (unpaired) electrons. The second-order valence-electron chi connectivity index (χ2n) is 5.75. The first-order valence-corrected chi connectivity index (χ1v) is 9.39. The molecule has 0 aromatic heterocycles. The molecule has 132 valence electrons. The van der Waals surface area contributed by atoms with Gasteiger partial charge in [-0.05, 0) is 24.4 Å². The van der Waals surface area contributed by atoms with Gasteiger partial charge in [0.25, 0.3) is 0 Å². The number of aliphatic hydroxyl groups is 1. The molecule has 0 amide bonds. The Labute approximate surface area is 142 Å². The van der Waals surface area contributed by atoms with Crippen molar-refractivity contribution in [3.05, 3.63) is 35.9 Å². The zero-order valence-electron chi connectivity index (χ0n) is 14.0. The Kier molecular flexibility index (Phi) is 6.60. The third kappa shape index (κ3) is 4.46. The highest BCUT2D eigenvalue weighted by atomic mass is 31.2. The molecule has 1 aromatic carbocycles. The van der Waals surface area contributed by atoms with Gasteiger partial charge < -0.3 is 23.6 Å². The molecule has 1 fully saturated rings. The van der Waals surface area contributed by atoms with Gasteiger partial charge in [0.15, 0.2) is 6.10 Å². The minimum Gasteiger partial charge on any atom is -0.453 e. The largest absolute Gasteiger partial charge is 0.453 e. The van der Waals surface area contributed by atoms with E-state index in [9.17, 15) is 14.5 Å². The molecule has 2 rings (SSSR count). The lowest BCUT2D eigenvalue weighted by molar-refractivity contribution is -0.0620. The number of carbonyl (C=O) groups is 1. The lowest BCUT2D eigenvalue weighted by Gasteiger charge is -2.24. The van der Waals surface area contributed by atoms with Crippen LogP contribution in [0.15, 0.2) is 30.3 Å². The summed E-state index contributed by atoms with van der Waals surface area (Å²) >= 11 is 0. The Balaban J connectivity index is 2.04. The van der Waals surface area contributed by atoms with Gasteiger partial charge in [-0.2, -0.15) is 0 Å². The number of hydrogen-bond acceptors (Lipinski definition) is 7. The van der Waals surface area contributed by atoms with Crippen LogP contribution in [0.2, 0.25) is 5.82 Å². The van der Waals surface area contributed by atoms with E-state index in [0.717, 1.165) is 0 Å². The van der Waals surface area contributed by atoms with E-state index in [1.807, 2.05) is 7.85 Å². The molecule has 7 nitrogen and oxygen atoms in total. The van der Waals surface area contributed by atoms with Crippen LogP contribution < -0.4 is 0 Å². The average Bonchev–Trinajstić information content (AvgIpc) is 2.88. The van der Waals surface area contributed by atoms with Gasteiger partial charge in [-0.15, -0.1) is 0 Å². The lowest BCUT2D eigenvalue weighted by Crippen LogP contribution is -2.36. The molecule has 0 spiro atoms. The van der Waals surface area contributed by atoms with Crippen LogP contribution in [0.5, 0.6) is 0 Å². The van der Waals surface area contributed by atoms with Crippen LogP contribution >= 0.6 is 7.60 Å². The molecule has 24 heavy (non-hydrogen) atoms. The molecule has 1 N–H and O–H groups in total. The third-order valence-corrected chi connectivity index (χ3v) is 5.72. The normalized spacial score (nSPS) is 27.1. The summed E-state index contributed by atoms with van der Waals surface area (Å²) in [6, 6.07) is 8.51. The quantitative estimate of drug-likeness (QED) is 0.446. The van der Waals surface area contributed by atoms with E-state index in [0.29, 0.717) is 12.0 Å². The number of hydrogen-bond donors (Lipinski definition) is 1. The SMILES string of the molecule is BC1CC(OCP(=O)(OC)OC)C(OC(=O)c2ccccc2)C1O. The van der Waals surface area contributed by atoms with Gasteiger partial charge in [-0.1, -0.05) is 18.2 Å². The Bertz CT molecular complexity index is 589. The van der Waals surface area contributed by atoms with Crippen molar-refractivity contribution in [3.63, 3.8) is 0 Å². The van der Waals surface area contributed by atoms with E-state index >= 15 is 0 Å². The fourth-order valence-electron chi connectivity index (χ4n) is 2.63. The molecule has 1 aliphatic rings. The van der Waals surface area contributed by atoms with E-state index in [-0.39, 0.29) is 12.2 Å². The van der Waals surface area contributed by atoms with Gasteiger partial charge in [-0.25, -0.2) is 4.79 Å². The summed E-state index contributed by atoms with van der Waals surface area (Å²) in [5.74, 6) is -0.655. The summed E-state index contributed by atoms with van der Waals surface area (Å²) in [6.07, 6.45) is -2.08. The molecule has 0 aliphatic heterocycles. The molecular weight excluding hydrogens is 334 g/mol. The summed E-state index contributed by atoms with van der Waals surface area (Å²) in [7, 11) is 1.04. The maximum Gasteiger partial charge on any atom is 0.355 e. The number of aliphatic hydroxyl groups excluding tert-OH is 1. The average molecular weight is 356 g/mol. The van der Waals surface area contributed by atoms with Gasteiger partial charge in [-0.3, -0.25) is 4.57 Å². The van der Waals surface area contributed by atoms with Gasteiger partial charge in [0, 0.05) is 14.2 Å². The van der Waals surface area contributed by atoms with Crippen LogP contribution in [-0.2, 0) is 23.1 Å². The van der Waals surface area contributed by atoms with Crippen molar-refractivity contribution in [2.75, 3.05) is 20.6 Å². The molecule has 4 unspecified atom stereocenters. The topological polar surface area (TPSA) is 91.3 Å². The van der Waals surface area contributed by atoms with Crippen LogP contribution in [0.25, 0.3) is 0 Å². The van der Waals surface area contributed by atoms with Crippen LogP contribution in [0, 0.1) is 0 Å². The number of rotatable bonds is 7. The standard InChI is InChI=1S/C15H22BO7P/c1-20-24(19,21-2)9-22-12-8-11(16)13(17)14(12)23-15(18)10-6-4-3-5-7-10/h3-7,11-14,17H,8-9,16H2,1-2H3. The lowest BCUT2D eigenvalue weighted by atomic mass is 9.84. The molecule has 0 bridgehead atoms. The number of esters is 1. The number of ether oxygens (including phenoxy) is 2. The van der Waals surface area contributed by atoms with Crippen molar-refractivity contribution >= 4 is 21.4 Å². The van der Waals surface area contributed by atoms with E-state index in [1.165, 1.54) is 14.2 Å². The van der Waals surface area contributed by atoms with Gasteiger partial charge >= 0.3 is 13.6 Å². The summed E-state index contributed by atoms with van der Waals surface area (Å²) in [5.41, 5.74) is 0.391. The van der Waals surface area contributed by atoms with E-state index in [1.54, 1.807) is 30.3 Å². The predicted molar refractivity (Wildman–Crippen MR) is 89.9 cm³/mol. The molecule has 4 atom stereocenters. The van der Waals surface area contributed by atoms with Crippen molar-refractivity contribution < 1.29 is 33.0 Å². The Hall–Kier alpha value is -1.18. The minimum atomic E-state index is -3.34. The van der Waals surface area contributed by atoms with Crippen molar-refractivity contribution in [1.29, 1.82) is 0 Å².